The molecule has 7 nitrogen and oxygen atoms in total. The largest absolute Gasteiger partial charge is 0.497 e. The number of nitrogens with zero attached hydrogens (tertiary/aromatic N) is 1. The number of methoxy groups -OCH3 is 2. The van der Waals surface area contributed by atoms with Gasteiger partial charge in [0.25, 0.3) is 0 Å². The van der Waals surface area contributed by atoms with Crippen LogP contribution in [0.5, 0.6) is 11.5 Å². The van der Waals surface area contributed by atoms with Crippen molar-refractivity contribution >= 4 is 21.6 Å². The minimum atomic E-state index is -3.68. The molecular formula is C21H28N2O5S. The third-order valence-corrected chi connectivity index (χ3v) is 5.90. The summed E-state index contributed by atoms with van der Waals surface area (Å²) in [6.45, 7) is 3.53. The van der Waals surface area contributed by atoms with Crippen molar-refractivity contribution in [3.63, 3.8) is 0 Å². The molecule has 0 saturated heterocycles. The van der Waals surface area contributed by atoms with E-state index >= 15 is 0 Å². The standard InChI is InChI=1S/C21H28N2O5S/c1-6-20(16-7-11-18(27-3)12-8-16)22-21(24)15(2)23(29(5,25)26)17-9-13-19(28-4)14-10-17/h7-15,20H,6H2,1-5H3,(H,22,24)/t15-,20-/m1/s1. The zero-order chi connectivity index (χ0) is 21.6. The highest BCUT2D eigenvalue weighted by atomic mass is 32.2. The lowest BCUT2D eigenvalue weighted by Crippen LogP contribution is -2.48. The van der Waals surface area contributed by atoms with E-state index in [0.29, 0.717) is 17.9 Å². The van der Waals surface area contributed by atoms with Crippen LogP contribution in [0.15, 0.2) is 48.5 Å². The van der Waals surface area contributed by atoms with Crippen LogP contribution in [-0.4, -0.2) is 40.8 Å². The van der Waals surface area contributed by atoms with Gasteiger partial charge in [-0.05, 0) is 55.3 Å². The number of anilines is 1. The lowest BCUT2D eigenvalue weighted by molar-refractivity contribution is -0.122. The molecule has 8 heteroatoms. The van der Waals surface area contributed by atoms with Crippen LogP contribution < -0.4 is 19.1 Å². The van der Waals surface area contributed by atoms with Gasteiger partial charge in [0.15, 0.2) is 0 Å². The molecule has 0 aliphatic heterocycles. The fraction of sp³-hybridized carbons (Fsp3) is 0.381. The molecule has 0 radical (unpaired) electrons. The van der Waals surface area contributed by atoms with Crippen molar-refractivity contribution in [2.45, 2.75) is 32.4 Å². The van der Waals surface area contributed by atoms with E-state index in [1.807, 2.05) is 31.2 Å². The summed E-state index contributed by atoms with van der Waals surface area (Å²) in [6.07, 6.45) is 1.74. The second-order valence-corrected chi connectivity index (χ2v) is 8.53. The first kappa shape index (κ1) is 22.5. The van der Waals surface area contributed by atoms with Gasteiger partial charge in [0.1, 0.15) is 17.5 Å². The molecule has 29 heavy (non-hydrogen) atoms. The van der Waals surface area contributed by atoms with Crippen molar-refractivity contribution in [1.29, 1.82) is 0 Å². The maximum Gasteiger partial charge on any atom is 0.244 e. The number of benzene rings is 2. The number of rotatable bonds is 9. The monoisotopic (exact) mass is 420 g/mol. The molecule has 2 aromatic carbocycles. The predicted octanol–water partition coefficient (Wildman–Crippen LogP) is 3.13. The molecule has 2 aromatic rings. The van der Waals surface area contributed by atoms with E-state index in [4.69, 9.17) is 9.47 Å². The van der Waals surface area contributed by atoms with Crippen molar-refractivity contribution < 1.29 is 22.7 Å². The molecule has 2 rings (SSSR count). The summed E-state index contributed by atoms with van der Waals surface area (Å²) in [4.78, 5) is 12.9. The summed E-state index contributed by atoms with van der Waals surface area (Å²) in [7, 11) is -0.560. The Hall–Kier alpha value is -2.74. The van der Waals surface area contributed by atoms with Crippen molar-refractivity contribution in [1.82, 2.24) is 5.32 Å². The summed E-state index contributed by atoms with van der Waals surface area (Å²) in [5.74, 6) is 0.949. The second kappa shape index (κ2) is 9.65. The summed E-state index contributed by atoms with van der Waals surface area (Å²) in [5.41, 5.74) is 1.32. The maximum absolute atomic E-state index is 12.9. The van der Waals surface area contributed by atoms with Gasteiger partial charge in [0, 0.05) is 0 Å². The highest BCUT2D eigenvalue weighted by Gasteiger charge is 2.30. The molecule has 0 fully saturated rings. The Kier molecular flexibility index (Phi) is 7.50. The Labute approximate surface area is 172 Å². The van der Waals surface area contributed by atoms with Crippen LogP contribution in [0.2, 0.25) is 0 Å². The van der Waals surface area contributed by atoms with Crippen molar-refractivity contribution in [3.05, 3.63) is 54.1 Å². The van der Waals surface area contributed by atoms with Gasteiger partial charge in [-0.1, -0.05) is 19.1 Å². The molecule has 0 unspecified atom stereocenters. The van der Waals surface area contributed by atoms with Crippen LogP contribution in [0.3, 0.4) is 0 Å². The summed E-state index contributed by atoms with van der Waals surface area (Å²) in [5, 5.41) is 2.95. The van der Waals surface area contributed by atoms with Gasteiger partial charge in [-0.3, -0.25) is 9.10 Å². The first-order valence-electron chi connectivity index (χ1n) is 9.29. The van der Waals surface area contributed by atoms with Gasteiger partial charge in [0.05, 0.1) is 32.2 Å². The van der Waals surface area contributed by atoms with Crippen molar-refractivity contribution in [2.24, 2.45) is 0 Å². The smallest absolute Gasteiger partial charge is 0.244 e. The average molecular weight is 421 g/mol. The van der Waals surface area contributed by atoms with E-state index in [0.717, 1.165) is 21.9 Å². The van der Waals surface area contributed by atoms with E-state index in [2.05, 4.69) is 5.32 Å². The number of nitrogens with one attached hydrogen (secondary N) is 1. The summed E-state index contributed by atoms with van der Waals surface area (Å²) < 4.78 is 36.3. The lowest BCUT2D eigenvalue weighted by atomic mass is 10.0. The molecule has 0 saturated carbocycles. The normalized spacial score (nSPS) is 13.3. The Bertz CT molecular complexity index is 911. The molecule has 0 heterocycles. The zero-order valence-corrected chi connectivity index (χ0v) is 18.2. The number of hydrogen-bond donors (Lipinski definition) is 1. The van der Waals surface area contributed by atoms with Crippen LogP contribution >= 0.6 is 0 Å². The van der Waals surface area contributed by atoms with Crippen LogP contribution in [0.1, 0.15) is 31.9 Å². The molecule has 1 N–H and O–H groups in total. The minimum Gasteiger partial charge on any atom is -0.497 e. The Morgan fingerprint density at radius 2 is 1.48 bits per heavy atom. The molecule has 158 valence electrons. The first-order valence-corrected chi connectivity index (χ1v) is 11.1. The molecule has 2 atom stereocenters. The van der Waals surface area contributed by atoms with Gasteiger partial charge < -0.3 is 14.8 Å². The van der Waals surface area contributed by atoms with Crippen molar-refractivity contribution in [3.8, 4) is 11.5 Å². The quantitative estimate of drug-likeness (QED) is 0.674. The fourth-order valence-electron chi connectivity index (χ4n) is 3.09. The van der Waals surface area contributed by atoms with Crippen LogP contribution in [0, 0.1) is 0 Å². The maximum atomic E-state index is 12.9. The van der Waals surface area contributed by atoms with E-state index < -0.39 is 16.1 Å². The van der Waals surface area contributed by atoms with Crippen LogP contribution in [-0.2, 0) is 14.8 Å². The SMILES string of the molecule is CC[C@@H](NC(=O)[C@@H](C)N(c1ccc(OC)cc1)S(C)(=O)=O)c1ccc(OC)cc1. The predicted molar refractivity (Wildman–Crippen MR) is 114 cm³/mol. The number of hydrogen-bond acceptors (Lipinski definition) is 5. The van der Waals surface area contributed by atoms with E-state index in [1.165, 1.54) is 7.11 Å². The average Bonchev–Trinajstić information content (AvgIpc) is 2.71. The van der Waals surface area contributed by atoms with Crippen molar-refractivity contribution in [2.75, 3.05) is 24.8 Å². The van der Waals surface area contributed by atoms with Gasteiger partial charge in [-0.2, -0.15) is 0 Å². The molecular weight excluding hydrogens is 392 g/mol. The lowest BCUT2D eigenvalue weighted by Gasteiger charge is -2.30. The van der Waals surface area contributed by atoms with Crippen LogP contribution in [0.4, 0.5) is 5.69 Å². The Morgan fingerprint density at radius 1 is 1.00 bits per heavy atom. The minimum absolute atomic E-state index is 0.242. The topological polar surface area (TPSA) is 84.9 Å². The Balaban J connectivity index is 2.24. The third-order valence-electron chi connectivity index (χ3n) is 4.66. The van der Waals surface area contributed by atoms with Gasteiger partial charge >= 0.3 is 0 Å². The van der Waals surface area contributed by atoms with E-state index in [1.54, 1.807) is 38.3 Å². The van der Waals surface area contributed by atoms with Gasteiger partial charge in [-0.25, -0.2) is 8.42 Å². The highest BCUT2D eigenvalue weighted by molar-refractivity contribution is 7.92. The molecule has 0 aliphatic rings. The number of carbonyl (C=O) groups excluding carboxylic acids is 1. The molecule has 0 spiro atoms. The zero-order valence-electron chi connectivity index (χ0n) is 17.4. The summed E-state index contributed by atoms with van der Waals surface area (Å²) >= 11 is 0. The van der Waals surface area contributed by atoms with E-state index in [9.17, 15) is 13.2 Å². The molecule has 0 bridgehead atoms. The van der Waals surface area contributed by atoms with Crippen LogP contribution in [0.25, 0.3) is 0 Å². The van der Waals surface area contributed by atoms with E-state index in [-0.39, 0.29) is 11.9 Å². The fourth-order valence-corrected chi connectivity index (χ4v) is 4.26. The number of carbonyl (C=O) groups is 1. The number of ether oxygens (including phenoxy) is 2. The van der Waals surface area contributed by atoms with Gasteiger partial charge in [0.2, 0.25) is 15.9 Å². The summed E-state index contributed by atoms with van der Waals surface area (Å²) in [6, 6.07) is 12.8. The first-order chi connectivity index (χ1) is 13.7. The van der Waals surface area contributed by atoms with Gasteiger partial charge in [-0.15, -0.1) is 0 Å². The molecule has 0 aromatic heterocycles. The molecule has 1 amide bonds. The highest BCUT2D eigenvalue weighted by Crippen LogP contribution is 2.25. The molecule has 0 aliphatic carbocycles. The third kappa shape index (κ3) is 5.63. The second-order valence-electron chi connectivity index (χ2n) is 6.68. The number of sulfonamides is 1. The Morgan fingerprint density at radius 3 is 1.90 bits per heavy atom. The number of amides is 1.